The fraction of sp³-hybridized carbons (Fsp3) is 0.636. The summed E-state index contributed by atoms with van der Waals surface area (Å²) < 4.78 is 5.50. The smallest absolute Gasteiger partial charge is 0.104 e. The summed E-state index contributed by atoms with van der Waals surface area (Å²) in [6.07, 6.45) is 3.72. The van der Waals surface area contributed by atoms with E-state index >= 15 is 0 Å². The Morgan fingerprint density at radius 1 is 1.46 bits per heavy atom. The van der Waals surface area contributed by atoms with Gasteiger partial charge in [-0.3, -0.25) is 0 Å². The lowest BCUT2D eigenvalue weighted by Gasteiger charge is -2.12. The summed E-state index contributed by atoms with van der Waals surface area (Å²) in [4.78, 5) is 0. The first-order valence-corrected chi connectivity index (χ1v) is 4.90. The Balaban J connectivity index is 2.13. The van der Waals surface area contributed by atoms with E-state index in [9.17, 15) is 0 Å². The van der Waals surface area contributed by atoms with Crippen molar-refractivity contribution in [1.29, 1.82) is 0 Å². The molecule has 0 saturated heterocycles. The summed E-state index contributed by atoms with van der Waals surface area (Å²) in [6.45, 7) is 4.06. The van der Waals surface area contributed by atoms with Crippen LogP contribution in [-0.2, 0) is 6.42 Å². The van der Waals surface area contributed by atoms with Gasteiger partial charge < -0.3 is 9.73 Å². The molecule has 0 atom stereocenters. The molecule has 1 aromatic heterocycles. The molecule has 1 N–H and O–H groups in total. The third-order valence-corrected chi connectivity index (χ3v) is 3.06. The maximum atomic E-state index is 5.50. The highest BCUT2D eigenvalue weighted by Crippen LogP contribution is 2.39. The van der Waals surface area contributed by atoms with Crippen LogP contribution in [-0.4, -0.2) is 12.6 Å². The van der Waals surface area contributed by atoms with Gasteiger partial charge in [0, 0.05) is 5.54 Å². The number of rotatable bonds is 3. The van der Waals surface area contributed by atoms with Gasteiger partial charge in [0.1, 0.15) is 11.5 Å². The van der Waals surface area contributed by atoms with Gasteiger partial charge in [0.05, 0.1) is 0 Å². The van der Waals surface area contributed by atoms with E-state index in [0.717, 1.165) is 17.9 Å². The molecule has 1 fully saturated rings. The molecule has 2 heteroatoms. The Bertz CT molecular complexity index is 310. The van der Waals surface area contributed by atoms with Crippen LogP contribution in [0.3, 0.4) is 0 Å². The van der Waals surface area contributed by atoms with E-state index in [2.05, 4.69) is 18.4 Å². The Morgan fingerprint density at radius 3 is 2.54 bits per heavy atom. The maximum absolute atomic E-state index is 5.50. The van der Waals surface area contributed by atoms with Crippen LogP contribution in [0.2, 0.25) is 0 Å². The van der Waals surface area contributed by atoms with Gasteiger partial charge >= 0.3 is 0 Å². The Morgan fingerprint density at radius 2 is 2.15 bits per heavy atom. The zero-order valence-corrected chi connectivity index (χ0v) is 8.61. The molecule has 2 nitrogen and oxygen atoms in total. The molecule has 1 heterocycles. The lowest BCUT2D eigenvalue weighted by Crippen LogP contribution is -2.29. The third kappa shape index (κ3) is 1.63. The number of aryl methyl sites for hydroxylation is 2. The molecule has 1 aromatic rings. The summed E-state index contributed by atoms with van der Waals surface area (Å²) in [6, 6.07) is 2.16. The van der Waals surface area contributed by atoms with Gasteiger partial charge in [-0.15, -0.1) is 0 Å². The molecule has 0 bridgehead atoms. The van der Waals surface area contributed by atoms with Crippen molar-refractivity contribution in [3.63, 3.8) is 0 Å². The minimum Gasteiger partial charge on any atom is -0.466 e. The molecular weight excluding hydrogens is 162 g/mol. The molecule has 13 heavy (non-hydrogen) atoms. The quantitative estimate of drug-likeness (QED) is 0.769. The van der Waals surface area contributed by atoms with Gasteiger partial charge in [0.25, 0.3) is 0 Å². The Hall–Kier alpha value is -0.760. The largest absolute Gasteiger partial charge is 0.466 e. The SMILES string of the molecule is CNC1(Cc2cc(C)oc2C)CC1. The average Bonchev–Trinajstić information content (AvgIpc) is 2.77. The predicted molar refractivity (Wildman–Crippen MR) is 52.9 cm³/mol. The van der Waals surface area contributed by atoms with Gasteiger partial charge in [0.2, 0.25) is 0 Å². The van der Waals surface area contributed by atoms with Crippen LogP contribution < -0.4 is 5.32 Å². The van der Waals surface area contributed by atoms with Crippen LogP contribution in [0.4, 0.5) is 0 Å². The molecule has 0 aromatic carbocycles. The molecular formula is C11H17NO. The molecule has 1 aliphatic carbocycles. The van der Waals surface area contributed by atoms with E-state index in [1.165, 1.54) is 18.4 Å². The van der Waals surface area contributed by atoms with Crippen LogP contribution in [0.15, 0.2) is 10.5 Å². The van der Waals surface area contributed by atoms with Crippen molar-refractivity contribution < 1.29 is 4.42 Å². The summed E-state index contributed by atoms with van der Waals surface area (Å²) in [5, 5.41) is 3.40. The number of nitrogens with one attached hydrogen (secondary N) is 1. The topological polar surface area (TPSA) is 25.2 Å². The van der Waals surface area contributed by atoms with Crippen LogP contribution >= 0.6 is 0 Å². The zero-order valence-electron chi connectivity index (χ0n) is 8.61. The first-order valence-electron chi connectivity index (χ1n) is 4.90. The molecule has 0 radical (unpaired) electrons. The number of furan rings is 1. The second-order valence-electron chi connectivity index (χ2n) is 4.15. The summed E-state index contributed by atoms with van der Waals surface area (Å²) in [7, 11) is 2.05. The van der Waals surface area contributed by atoms with Crippen molar-refractivity contribution in [3.8, 4) is 0 Å². The fourth-order valence-corrected chi connectivity index (χ4v) is 1.89. The summed E-state index contributed by atoms with van der Waals surface area (Å²) in [5.74, 6) is 2.11. The van der Waals surface area contributed by atoms with Crippen LogP contribution in [0, 0.1) is 13.8 Å². The van der Waals surface area contributed by atoms with Gasteiger partial charge in [-0.25, -0.2) is 0 Å². The molecule has 72 valence electrons. The Labute approximate surface area is 79.3 Å². The molecule has 0 aliphatic heterocycles. The lowest BCUT2D eigenvalue weighted by molar-refractivity contribution is 0.492. The maximum Gasteiger partial charge on any atom is 0.104 e. The highest BCUT2D eigenvalue weighted by atomic mass is 16.3. The highest BCUT2D eigenvalue weighted by molar-refractivity contribution is 5.25. The van der Waals surface area contributed by atoms with Crippen LogP contribution in [0.25, 0.3) is 0 Å². The molecule has 0 spiro atoms. The minimum atomic E-state index is 0.390. The van der Waals surface area contributed by atoms with E-state index in [4.69, 9.17) is 4.42 Å². The van der Waals surface area contributed by atoms with Gasteiger partial charge in [-0.2, -0.15) is 0 Å². The van der Waals surface area contributed by atoms with Crippen molar-refractivity contribution >= 4 is 0 Å². The van der Waals surface area contributed by atoms with Crippen molar-refractivity contribution in [2.75, 3.05) is 7.05 Å². The van der Waals surface area contributed by atoms with E-state index in [-0.39, 0.29) is 0 Å². The third-order valence-electron chi connectivity index (χ3n) is 3.06. The fourth-order valence-electron chi connectivity index (χ4n) is 1.89. The monoisotopic (exact) mass is 179 g/mol. The zero-order chi connectivity index (χ0) is 9.47. The van der Waals surface area contributed by atoms with Crippen LogP contribution in [0.1, 0.15) is 29.9 Å². The van der Waals surface area contributed by atoms with Gasteiger partial charge in [-0.05, 0) is 51.8 Å². The van der Waals surface area contributed by atoms with Crippen molar-refractivity contribution in [3.05, 3.63) is 23.2 Å². The molecule has 1 aliphatic rings. The van der Waals surface area contributed by atoms with E-state index in [0.29, 0.717) is 5.54 Å². The normalized spacial score (nSPS) is 19.0. The second-order valence-corrected chi connectivity index (χ2v) is 4.15. The number of hydrogen-bond donors (Lipinski definition) is 1. The average molecular weight is 179 g/mol. The van der Waals surface area contributed by atoms with E-state index < -0.39 is 0 Å². The summed E-state index contributed by atoms with van der Waals surface area (Å²) >= 11 is 0. The van der Waals surface area contributed by atoms with Crippen molar-refractivity contribution in [1.82, 2.24) is 5.32 Å². The molecule has 2 rings (SSSR count). The summed E-state index contributed by atoms with van der Waals surface area (Å²) in [5.41, 5.74) is 1.76. The first-order chi connectivity index (χ1) is 6.15. The number of likely N-dealkylation sites (N-methyl/N-ethyl adjacent to an activating group) is 1. The standard InChI is InChI=1S/C11H17NO/c1-8-6-10(9(2)13-8)7-11(12-3)4-5-11/h6,12H,4-5,7H2,1-3H3. The van der Waals surface area contributed by atoms with Gasteiger partial charge in [-0.1, -0.05) is 0 Å². The van der Waals surface area contributed by atoms with E-state index in [1.807, 2.05) is 13.8 Å². The second kappa shape index (κ2) is 2.88. The highest BCUT2D eigenvalue weighted by Gasteiger charge is 2.41. The number of hydrogen-bond acceptors (Lipinski definition) is 2. The Kier molecular flexibility index (Phi) is 1.95. The lowest BCUT2D eigenvalue weighted by atomic mass is 10.1. The first kappa shape index (κ1) is 8.82. The van der Waals surface area contributed by atoms with Gasteiger partial charge in [0.15, 0.2) is 0 Å². The molecule has 0 amide bonds. The molecule has 0 unspecified atom stereocenters. The van der Waals surface area contributed by atoms with E-state index in [1.54, 1.807) is 0 Å². The van der Waals surface area contributed by atoms with Crippen LogP contribution in [0.5, 0.6) is 0 Å². The molecule has 1 saturated carbocycles. The minimum absolute atomic E-state index is 0.390. The predicted octanol–water partition coefficient (Wildman–Crippen LogP) is 2.19. The van der Waals surface area contributed by atoms with Crippen molar-refractivity contribution in [2.24, 2.45) is 0 Å². The van der Waals surface area contributed by atoms with Crippen molar-refractivity contribution in [2.45, 2.75) is 38.6 Å².